The Balaban J connectivity index is 1.84. The molecular formula is C9H14N2. The van der Waals surface area contributed by atoms with Crippen LogP contribution in [0.5, 0.6) is 0 Å². The summed E-state index contributed by atoms with van der Waals surface area (Å²) < 4.78 is 0. The SMILES string of the molecule is C1CC2(C3N=N3)CCC1CC2. The van der Waals surface area contributed by atoms with E-state index in [0.29, 0.717) is 11.6 Å². The Labute approximate surface area is 67.1 Å². The first-order chi connectivity index (χ1) is 5.39. The second kappa shape index (κ2) is 1.85. The van der Waals surface area contributed by atoms with E-state index < -0.39 is 0 Å². The largest absolute Gasteiger partial charge is 0.186 e. The molecular weight excluding hydrogens is 136 g/mol. The van der Waals surface area contributed by atoms with E-state index in [1.54, 1.807) is 0 Å². The van der Waals surface area contributed by atoms with Crippen molar-refractivity contribution in [1.29, 1.82) is 0 Å². The van der Waals surface area contributed by atoms with Crippen LogP contribution in [0.2, 0.25) is 0 Å². The summed E-state index contributed by atoms with van der Waals surface area (Å²) in [4.78, 5) is 0. The molecule has 2 heteroatoms. The fraction of sp³-hybridized carbons (Fsp3) is 1.00. The predicted molar refractivity (Wildman–Crippen MR) is 42.3 cm³/mol. The molecule has 1 aliphatic heterocycles. The van der Waals surface area contributed by atoms with Crippen molar-refractivity contribution in [2.45, 2.75) is 44.7 Å². The van der Waals surface area contributed by atoms with Gasteiger partial charge >= 0.3 is 0 Å². The van der Waals surface area contributed by atoms with E-state index in [2.05, 4.69) is 10.2 Å². The molecule has 2 bridgehead atoms. The van der Waals surface area contributed by atoms with Gasteiger partial charge in [-0.25, -0.2) is 0 Å². The van der Waals surface area contributed by atoms with Gasteiger partial charge < -0.3 is 0 Å². The number of hydrogen-bond acceptors (Lipinski definition) is 2. The average molecular weight is 150 g/mol. The molecule has 4 aliphatic rings. The van der Waals surface area contributed by atoms with Crippen LogP contribution in [0.15, 0.2) is 10.2 Å². The summed E-state index contributed by atoms with van der Waals surface area (Å²) in [7, 11) is 0. The number of nitrogens with zero attached hydrogens (tertiary/aromatic N) is 2. The molecule has 3 fully saturated rings. The highest BCUT2D eigenvalue weighted by atomic mass is 15.4. The van der Waals surface area contributed by atoms with Gasteiger partial charge in [-0.05, 0) is 44.4 Å². The lowest BCUT2D eigenvalue weighted by Gasteiger charge is -2.45. The molecule has 0 N–H and O–H groups in total. The molecule has 0 atom stereocenters. The van der Waals surface area contributed by atoms with Gasteiger partial charge in [0.2, 0.25) is 0 Å². The molecule has 0 saturated heterocycles. The first-order valence-electron chi connectivity index (χ1n) is 4.79. The van der Waals surface area contributed by atoms with Crippen LogP contribution in [0.25, 0.3) is 0 Å². The van der Waals surface area contributed by atoms with Crippen LogP contribution in [0.1, 0.15) is 38.5 Å². The van der Waals surface area contributed by atoms with Crippen molar-refractivity contribution in [1.82, 2.24) is 0 Å². The van der Waals surface area contributed by atoms with Crippen LogP contribution < -0.4 is 0 Å². The first-order valence-corrected chi connectivity index (χ1v) is 4.79. The number of hydrogen-bond donors (Lipinski definition) is 0. The maximum absolute atomic E-state index is 4.12. The fourth-order valence-electron chi connectivity index (χ4n) is 2.95. The Morgan fingerprint density at radius 2 is 1.45 bits per heavy atom. The minimum atomic E-state index is 0.434. The Kier molecular flexibility index (Phi) is 1.03. The van der Waals surface area contributed by atoms with Crippen molar-refractivity contribution < 1.29 is 0 Å². The molecule has 0 aromatic heterocycles. The van der Waals surface area contributed by atoms with Crippen LogP contribution in [-0.2, 0) is 0 Å². The second-order valence-electron chi connectivity index (χ2n) is 4.45. The van der Waals surface area contributed by atoms with Crippen LogP contribution in [0, 0.1) is 11.3 Å². The maximum atomic E-state index is 4.12. The molecule has 1 heterocycles. The second-order valence-corrected chi connectivity index (χ2v) is 4.45. The van der Waals surface area contributed by atoms with Crippen molar-refractivity contribution in [3.05, 3.63) is 0 Å². The number of fused-ring (bicyclic) bond motifs is 3. The first kappa shape index (κ1) is 6.15. The van der Waals surface area contributed by atoms with E-state index in [1.165, 1.54) is 38.5 Å². The third kappa shape index (κ3) is 0.784. The molecule has 60 valence electrons. The van der Waals surface area contributed by atoms with Gasteiger partial charge in [-0.1, -0.05) is 0 Å². The highest BCUT2D eigenvalue weighted by Crippen LogP contribution is 2.55. The highest BCUT2D eigenvalue weighted by Gasteiger charge is 2.49. The average Bonchev–Trinajstić information content (AvgIpc) is 2.90. The van der Waals surface area contributed by atoms with E-state index in [4.69, 9.17) is 0 Å². The van der Waals surface area contributed by atoms with Gasteiger partial charge in [-0.3, -0.25) is 0 Å². The van der Waals surface area contributed by atoms with E-state index in [9.17, 15) is 0 Å². The fourth-order valence-corrected chi connectivity index (χ4v) is 2.95. The minimum absolute atomic E-state index is 0.434. The van der Waals surface area contributed by atoms with Crippen molar-refractivity contribution in [3.8, 4) is 0 Å². The summed E-state index contributed by atoms with van der Waals surface area (Å²) >= 11 is 0. The Bertz CT molecular complexity index is 182. The smallest absolute Gasteiger partial charge is 0.162 e. The summed E-state index contributed by atoms with van der Waals surface area (Å²) in [5, 5.41) is 8.24. The van der Waals surface area contributed by atoms with Gasteiger partial charge in [-0.15, -0.1) is 0 Å². The van der Waals surface area contributed by atoms with Crippen LogP contribution in [0.3, 0.4) is 0 Å². The zero-order chi connectivity index (χ0) is 7.31. The standard InChI is InChI=1S/C9H14N2/c1-4-9(8-10-11-8)5-2-7(1)3-6-9/h7-8H,1-6H2. The molecule has 11 heavy (non-hydrogen) atoms. The summed E-state index contributed by atoms with van der Waals surface area (Å²) in [6.07, 6.45) is 9.05. The third-order valence-corrected chi connectivity index (χ3v) is 3.93. The summed E-state index contributed by atoms with van der Waals surface area (Å²) in [6.45, 7) is 0. The molecule has 0 aromatic rings. The minimum Gasteiger partial charge on any atom is -0.162 e. The molecule has 0 amide bonds. The predicted octanol–water partition coefficient (Wildman–Crippen LogP) is 2.75. The molecule has 3 aliphatic carbocycles. The molecule has 0 aromatic carbocycles. The normalized spacial score (nSPS) is 48.2. The maximum Gasteiger partial charge on any atom is 0.186 e. The lowest BCUT2D eigenvalue weighted by molar-refractivity contribution is 0.0606. The van der Waals surface area contributed by atoms with Gasteiger partial charge in [0.15, 0.2) is 6.17 Å². The molecule has 4 rings (SSSR count). The lowest BCUT2D eigenvalue weighted by Crippen LogP contribution is -2.38. The molecule has 0 radical (unpaired) electrons. The zero-order valence-corrected chi connectivity index (χ0v) is 6.79. The Morgan fingerprint density at radius 1 is 0.909 bits per heavy atom. The zero-order valence-electron chi connectivity index (χ0n) is 6.79. The third-order valence-electron chi connectivity index (χ3n) is 3.93. The Hall–Kier alpha value is -0.400. The highest BCUT2D eigenvalue weighted by molar-refractivity contribution is 5.00. The van der Waals surface area contributed by atoms with E-state index in [1.807, 2.05) is 0 Å². The van der Waals surface area contributed by atoms with E-state index in [-0.39, 0.29) is 0 Å². The van der Waals surface area contributed by atoms with Gasteiger partial charge in [0.25, 0.3) is 0 Å². The van der Waals surface area contributed by atoms with Gasteiger partial charge in [0.1, 0.15) is 0 Å². The summed E-state index contributed by atoms with van der Waals surface area (Å²) in [5.41, 5.74) is 0.564. The lowest BCUT2D eigenvalue weighted by atomic mass is 9.60. The van der Waals surface area contributed by atoms with Crippen molar-refractivity contribution >= 4 is 0 Å². The van der Waals surface area contributed by atoms with E-state index >= 15 is 0 Å². The van der Waals surface area contributed by atoms with Crippen molar-refractivity contribution in [3.63, 3.8) is 0 Å². The van der Waals surface area contributed by atoms with E-state index in [0.717, 1.165) is 5.92 Å². The molecule has 3 saturated carbocycles. The molecule has 2 nitrogen and oxygen atoms in total. The quantitative estimate of drug-likeness (QED) is 0.549. The molecule has 0 spiro atoms. The monoisotopic (exact) mass is 150 g/mol. The van der Waals surface area contributed by atoms with Gasteiger partial charge in [0, 0.05) is 5.41 Å². The van der Waals surface area contributed by atoms with Gasteiger partial charge in [-0.2, -0.15) is 10.2 Å². The number of rotatable bonds is 1. The Morgan fingerprint density at radius 3 is 1.91 bits per heavy atom. The van der Waals surface area contributed by atoms with Gasteiger partial charge in [0.05, 0.1) is 0 Å². The molecule has 0 unspecified atom stereocenters. The van der Waals surface area contributed by atoms with Crippen LogP contribution >= 0.6 is 0 Å². The van der Waals surface area contributed by atoms with Crippen LogP contribution in [-0.4, -0.2) is 6.17 Å². The topological polar surface area (TPSA) is 24.7 Å². The van der Waals surface area contributed by atoms with Crippen LogP contribution in [0.4, 0.5) is 0 Å². The van der Waals surface area contributed by atoms with Crippen molar-refractivity contribution in [2.24, 2.45) is 21.6 Å². The summed E-state index contributed by atoms with van der Waals surface area (Å²) in [6, 6.07) is 0. The summed E-state index contributed by atoms with van der Waals surface area (Å²) in [5.74, 6) is 1.07. The van der Waals surface area contributed by atoms with Crippen molar-refractivity contribution in [2.75, 3.05) is 0 Å².